The Morgan fingerprint density at radius 1 is 1.40 bits per heavy atom. The van der Waals surface area contributed by atoms with Crippen LogP contribution >= 0.6 is 0 Å². The van der Waals surface area contributed by atoms with Crippen molar-refractivity contribution in [2.24, 2.45) is 0 Å². The molecule has 2 aromatic rings. The van der Waals surface area contributed by atoms with Gasteiger partial charge in [-0.15, -0.1) is 0 Å². The van der Waals surface area contributed by atoms with E-state index in [-0.39, 0.29) is 17.3 Å². The second-order valence-electron chi connectivity index (χ2n) is 3.86. The van der Waals surface area contributed by atoms with E-state index in [0.717, 1.165) is 18.2 Å². The summed E-state index contributed by atoms with van der Waals surface area (Å²) < 4.78 is 18.5. The summed E-state index contributed by atoms with van der Waals surface area (Å²) in [6.45, 7) is 2.59. The van der Waals surface area contributed by atoms with Crippen LogP contribution in [0.3, 0.4) is 0 Å². The van der Waals surface area contributed by atoms with Gasteiger partial charge < -0.3 is 10.1 Å². The molecule has 0 saturated carbocycles. The number of nitrogens with zero attached hydrogens (tertiary/aromatic N) is 2. The van der Waals surface area contributed by atoms with Crippen LogP contribution in [0.5, 0.6) is 11.6 Å². The van der Waals surface area contributed by atoms with E-state index in [9.17, 15) is 14.5 Å². The van der Waals surface area contributed by atoms with Gasteiger partial charge >= 0.3 is 5.69 Å². The second kappa shape index (κ2) is 5.96. The molecule has 0 bridgehead atoms. The van der Waals surface area contributed by atoms with E-state index in [4.69, 9.17) is 4.74 Å². The first kappa shape index (κ1) is 13.7. The predicted octanol–water partition coefficient (Wildman–Crippen LogP) is 3.35. The molecule has 7 heteroatoms. The molecule has 20 heavy (non-hydrogen) atoms. The Balaban J connectivity index is 2.31. The number of nitrogens with one attached hydrogen (secondary N) is 1. The molecular formula is C13H12FN3O3. The maximum atomic E-state index is 13.2. The lowest BCUT2D eigenvalue weighted by atomic mass is 10.3. The molecule has 1 heterocycles. The summed E-state index contributed by atoms with van der Waals surface area (Å²) in [7, 11) is 0. The number of hydrogen-bond donors (Lipinski definition) is 1. The monoisotopic (exact) mass is 277 g/mol. The molecule has 1 N–H and O–H groups in total. The highest BCUT2D eigenvalue weighted by Crippen LogP contribution is 2.31. The van der Waals surface area contributed by atoms with E-state index < -0.39 is 10.7 Å². The molecule has 0 fully saturated rings. The van der Waals surface area contributed by atoms with E-state index in [1.807, 2.05) is 6.92 Å². The van der Waals surface area contributed by atoms with Crippen molar-refractivity contribution in [3.8, 4) is 11.6 Å². The van der Waals surface area contributed by atoms with Gasteiger partial charge in [0.1, 0.15) is 11.6 Å². The van der Waals surface area contributed by atoms with Crippen molar-refractivity contribution in [2.75, 3.05) is 11.9 Å². The molecular weight excluding hydrogens is 265 g/mol. The fraction of sp³-hybridized carbons (Fsp3) is 0.154. The molecule has 0 saturated heterocycles. The van der Waals surface area contributed by atoms with Gasteiger partial charge in [0.05, 0.1) is 4.92 Å². The Morgan fingerprint density at radius 3 is 2.90 bits per heavy atom. The van der Waals surface area contributed by atoms with E-state index in [2.05, 4.69) is 10.3 Å². The molecule has 1 aromatic heterocycles. The Kier molecular flexibility index (Phi) is 4.09. The fourth-order valence-electron chi connectivity index (χ4n) is 1.58. The molecule has 0 amide bonds. The van der Waals surface area contributed by atoms with Crippen molar-refractivity contribution in [1.82, 2.24) is 4.98 Å². The van der Waals surface area contributed by atoms with Crippen LogP contribution in [0.2, 0.25) is 0 Å². The number of benzene rings is 1. The Bertz CT molecular complexity index is 634. The number of anilines is 1. The van der Waals surface area contributed by atoms with Gasteiger partial charge in [0.25, 0.3) is 0 Å². The number of nitro benzene ring substituents is 1. The largest absolute Gasteiger partial charge is 0.432 e. The highest BCUT2D eigenvalue weighted by atomic mass is 19.1. The molecule has 0 aliphatic carbocycles. The topological polar surface area (TPSA) is 77.3 Å². The lowest BCUT2D eigenvalue weighted by Gasteiger charge is -2.07. The highest BCUT2D eigenvalue weighted by molar-refractivity contribution is 5.48. The van der Waals surface area contributed by atoms with Gasteiger partial charge in [0.15, 0.2) is 0 Å². The number of halogens is 1. The van der Waals surface area contributed by atoms with Crippen LogP contribution in [0, 0.1) is 15.9 Å². The van der Waals surface area contributed by atoms with Gasteiger partial charge in [-0.25, -0.2) is 4.39 Å². The lowest BCUT2D eigenvalue weighted by Crippen LogP contribution is -2.00. The number of nitro groups is 1. The second-order valence-corrected chi connectivity index (χ2v) is 3.86. The zero-order valence-corrected chi connectivity index (χ0v) is 10.7. The summed E-state index contributed by atoms with van der Waals surface area (Å²) in [4.78, 5) is 14.3. The number of pyridine rings is 1. The summed E-state index contributed by atoms with van der Waals surface area (Å²) in [6.07, 6.45) is 0. The molecule has 0 radical (unpaired) electrons. The zero-order chi connectivity index (χ0) is 14.5. The van der Waals surface area contributed by atoms with Crippen molar-refractivity contribution in [3.63, 3.8) is 0 Å². The molecule has 0 aliphatic rings. The molecule has 6 nitrogen and oxygen atoms in total. The predicted molar refractivity (Wildman–Crippen MR) is 71.5 cm³/mol. The minimum atomic E-state index is -0.636. The smallest absolute Gasteiger partial charge is 0.311 e. The average Bonchev–Trinajstić information content (AvgIpc) is 2.39. The van der Waals surface area contributed by atoms with Crippen LogP contribution in [0.25, 0.3) is 0 Å². The van der Waals surface area contributed by atoms with Crippen LogP contribution in [0.15, 0.2) is 36.4 Å². The maximum Gasteiger partial charge on any atom is 0.311 e. The van der Waals surface area contributed by atoms with Crippen LogP contribution in [-0.2, 0) is 0 Å². The van der Waals surface area contributed by atoms with E-state index in [1.165, 1.54) is 6.07 Å². The lowest BCUT2D eigenvalue weighted by molar-refractivity contribution is -0.385. The first-order chi connectivity index (χ1) is 9.60. The van der Waals surface area contributed by atoms with E-state index in [1.54, 1.807) is 12.1 Å². The van der Waals surface area contributed by atoms with E-state index >= 15 is 0 Å². The van der Waals surface area contributed by atoms with Gasteiger partial charge in [-0.05, 0) is 19.1 Å². The number of ether oxygens (including phenoxy) is 1. The van der Waals surface area contributed by atoms with Gasteiger partial charge in [0, 0.05) is 24.7 Å². The summed E-state index contributed by atoms with van der Waals surface area (Å²) in [5.41, 5.74) is -0.318. The molecule has 0 atom stereocenters. The van der Waals surface area contributed by atoms with Crippen LogP contribution in [0.4, 0.5) is 15.9 Å². The maximum absolute atomic E-state index is 13.2. The zero-order valence-electron chi connectivity index (χ0n) is 10.7. The molecule has 0 unspecified atom stereocenters. The first-order valence-electron chi connectivity index (χ1n) is 5.93. The standard InChI is InChI=1S/C13H12FN3O3/c1-2-15-12-4-3-5-13(16-12)20-11-8-9(14)6-7-10(11)17(18)19/h3-8H,2H2,1H3,(H,15,16). The Labute approximate surface area is 114 Å². The van der Waals surface area contributed by atoms with Crippen molar-refractivity contribution < 1.29 is 14.1 Å². The van der Waals surface area contributed by atoms with Crippen molar-refractivity contribution in [2.45, 2.75) is 6.92 Å². The fourth-order valence-corrected chi connectivity index (χ4v) is 1.58. The van der Waals surface area contributed by atoms with Gasteiger partial charge in [-0.1, -0.05) is 6.07 Å². The first-order valence-corrected chi connectivity index (χ1v) is 5.93. The number of hydrogen-bond acceptors (Lipinski definition) is 5. The number of aromatic nitrogens is 1. The van der Waals surface area contributed by atoms with Crippen molar-refractivity contribution in [3.05, 3.63) is 52.3 Å². The third-order valence-corrected chi connectivity index (χ3v) is 2.41. The van der Waals surface area contributed by atoms with Crippen molar-refractivity contribution >= 4 is 11.5 Å². The summed E-state index contributed by atoms with van der Waals surface area (Å²) in [6, 6.07) is 7.98. The summed E-state index contributed by atoms with van der Waals surface area (Å²) in [5.74, 6) is -0.0780. The highest BCUT2D eigenvalue weighted by Gasteiger charge is 2.17. The molecule has 104 valence electrons. The van der Waals surface area contributed by atoms with Crippen molar-refractivity contribution in [1.29, 1.82) is 0 Å². The molecule has 2 rings (SSSR count). The van der Waals surface area contributed by atoms with Crippen LogP contribution in [-0.4, -0.2) is 16.5 Å². The van der Waals surface area contributed by atoms with Gasteiger partial charge in [-0.3, -0.25) is 10.1 Å². The molecule has 1 aromatic carbocycles. The van der Waals surface area contributed by atoms with Gasteiger partial charge in [0.2, 0.25) is 11.6 Å². The van der Waals surface area contributed by atoms with E-state index in [0.29, 0.717) is 12.4 Å². The molecule has 0 spiro atoms. The Hall–Kier alpha value is -2.70. The third-order valence-electron chi connectivity index (χ3n) is 2.41. The third kappa shape index (κ3) is 3.19. The van der Waals surface area contributed by atoms with Crippen LogP contribution in [0.1, 0.15) is 6.92 Å². The summed E-state index contributed by atoms with van der Waals surface area (Å²) in [5, 5.41) is 13.8. The Morgan fingerprint density at radius 2 is 2.20 bits per heavy atom. The normalized spacial score (nSPS) is 10.1. The van der Waals surface area contributed by atoms with Crippen LogP contribution < -0.4 is 10.1 Å². The SMILES string of the molecule is CCNc1cccc(Oc2cc(F)ccc2[N+](=O)[O-])n1. The minimum Gasteiger partial charge on any atom is -0.432 e. The molecule has 0 aliphatic heterocycles. The number of rotatable bonds is 5. The van der Waals surface area contributed by atoms with Gasteiger partial charge in [-0.2, -0.15) is 4.98 Å². The quantitative estimate of drug-likeness (QED) is 0.669. The summed E-state index contributed by atoms with van der Waals surface area (Å²) >= 11 is 0. The average molecular weight is 277 g/mol. The minimum absolute atomic E-state index is 0.150.